The lowest BCUT2D eigenvalue weighted by Crippen LogP contribution is -2.36. The second-order valence-electron chi connectivity index (χ2n) is 9.42. The van der Waals surface area contributed by atoms with Gasteiger partial charge in [-0.2, -0.15) is 18.2 Å². The van der Waals surface area contributed by atoms with Gasteiger partial charge in [0.1, 0.15) is 10.6 Å². The molecule has 0 unspecified atom stereocenters. The molecule has 0 saturated carbocycles. The van der Waals surface area contributed by atoms with Crippen molar-refractivity contribution in [1.29, 1.82) is 0 Å². The van der Waals surface area contributed by atoms with Crippen LogP contribution < -0.4 is 15.1 Å². The normalized spacial score (nSPS) is 18.0. The number of hydrogen-bond acceptors (Lipinski definition) is 9. The SMILES string of the molecule is CCCc1cc2c(N3CCn4c(nnc4C(F)(F)F)C3)nc(N3CC[C@@H](CC(=O)NCCO)C3)nc2s1. The maximum Gasteiger partial charge on any atom is 0.451 e. The first-order chi connectivity index (χ1) is 17.8. The van der Waals surface area contributed by atoms with Gasteiger partial charge in [-0.1, -0.05) is 13.3 Å². The Hall–Kier alpha value is -3.00. The Morgan fingerprint density at radius 2 is 2.05 bits per heavy atom. The summed E-state index contributed by atoms with van der Waals surface area (Å²) < 4.78 is 41.1. The Labute approximate surface area is 215 Å². The van der Waals surface area contributed by atoms with Gasteiger partial charge in [0, 0.05) is 44.0 Å². The van der Waals surface area contributed by atoms with Crippen LogP contribution in [0.2, 0.25) is 0 Å². The lowest BCUT2D eigenvalue weighted by molar-refractivity contribution is -0.147. The molecule has 10 nitrogen and oxygen atoms in total. The molecule has 5 heterocycles. The third-order valence-electron chi connectivity index (χ3n) is 6.69. The Bertz CT molecular complexity index is 1280. The van der Waals surface area contributed by atoms with Gasteiger partial charge in [0.05, 0.1) is 18.5 Å². The number of rotatable bonds is 8. The average molecular weight is 539 g/mol. The molecule has 0 aliphatic carbocycles. The molecule has 1 atom stereocenters. The van der Waals surface area contributed by atoms with E-state index in [9.17, 15) is 18.0 Å². The fourth-order valence-corrected chi connectivity index (χ4v) is 6.08. The van der Waals surface area contributed by atoms with Crippen molar-refractivity contribution in [3.63, 3.8) is 0 Å². The molecule has 5 rings (SSSR count). The maximum absolute atomic E-state index is 13.3. The Morgan fingerprint density at radius 3 is 2.81 bits per heavy atom. The van der Waals surface area contributed by atoms with Crippen molar-refractivity contribution in [1.82, 2.24) is 30.0 Å². The number of aromatic nitrogens is 5. The van der Waals surface area contributed by atoms with Gasteiger partial charge >= 0.3 is 6.18 Å². The quantitative estimate of drug-likeness (QED) is 0.450. The molecule has 3 aromatic heterocycles. The number of amides is 1. The molecule has 37 heavy (non-hydrogen) atoms. The first kappa shape index (κ1) is 25.6. The van der Waals surface area contributed by atoms with Crippen LogP contribution in [0.1, 0.15) is 42.7 Å². The number of aliphatic hydroxyl groups excluding tert-OH is 1. The highest BCUT2D eigenvalue weighted by Gasteiger charge is 2.40. The Kier molecular flexibility index (Phi) is 7.21. The van der Waals surface area contributed by atoms with Crippen LogP contribution >= 0.6 is 11.3 Å². The summed E-state index contributed by atoms with van der Waals surface area (Å²) in [5.41, 5.74) is 0. The van der Waals surface area contributed by atoms with E-state index in [1.165, 1.54) is 4.88 Å². The molecule has 0 radical (unpaired) electrons. The molecular weight excluding hydrogens is 509 g/mol. The minimum atomic E-state index is -4.55. The molecule has 0 spiro atoms. The van der Waals surface area contributed by atoms with Gasteiger partial charge in [0.15, 0.2) is 5.82 Å². The smallest absolute Gasteiger partial charge is 0.395 e. The van der Waals surface area contributed by atoms with Crippen LogP contribution in [0.15, 0.2) is 6.07 Å². The highest BCUT2D eigenvalue weighted by atomic mass is 32.1. The summed E-state index contributed by atoms with van der Waals surface area (Å²) in [5.74, 6) is 0.596. The summed E-state index contributed by atoms with van der Waals surface area (Å²) in [6, 6.07) is 2.08. The number of fused-ring (bicyclic) bond motifs is 2. The molecule has 1 saturated heterocycles. The molecular formula is C23H29F3N8O2S. The van der Waals surface area contributed by atoms with E-state index in [1.807, 2.05) is 4.90 Å². The zero-order chi connectivity index (χ0) is 26.2. The number of carbonyl (C=O) groups is 1. The molecule has 2 N–H and O–H groups in total. The lowest BCUT2D eigenvalue weighted by atomic mass is 10.0. The minimum Gasteiger partial charge on any atom is -0.395 e. The second-order valence-corrected chi connectivity index (χ2v) is 10.5. The molecule has 2 aliphatic heterocycles. The number of hydrogen-bond donors (Lipinski definition) is 2. The number of halogens is 3. The summed E-state index contributed by atoms with van der Waals surface area (Å²) in [7, 11) is 0. The number of nitrogens with one attached hydrogen (secondary N) is 1. The molecule has 200 valence electrons. The van der Waals surface area contributed by atoms with Crippen LogP contribution in [0.3, 0.4) is 0 Å². The molecule has 3 aromatic rings. The molecule has 0 bridgehead atoms. The first-order valence-electron chi connectivity index (χ1n) is 12.4. The van der Waals surface area contributed by atoms with Gasteiger partial charge in [-0.05, 0) is 24.8 Å². The fraction of sp³-hybridized carbons (Fsp3) is 0.609. The van der Waals surface area contributed by atoms with Crippen LogP contribution in [0.5, 0.6) is 0 Å². The zero-order valence-corrected chi connectivity index (χ0v) is 21.3. The molecule has 0 aromatic carbocycles. The topological polar surface area (TPSA) is 112 Å². The van der Waals surface area contributed by atoms with Gasteiger partial charge in [-0.15, -0.1) is 21.5 Å². The highest BCUT2D eigenvalue weighted by molar-refractivity contribution is 7.18. The predicted molar refractivity (Wildman–Crippen MR) is 133 cm³/mol. The van der Waals surface area contributed by atoms with E-state index in [0.29, 0.717) is 37.8 Å². The van der Waals surface area contributed by atoms with Gasteiger partial charge < -0.3 is 24.8 Å². The van der Waals surface area contributed by atoms with Crippen molar-refractivity contribution < 1.29 is 23.1 Å². The summed E-state index contributed by atoms with van der Waals surface area (Å²) in [6.45, 7) is 4.22. The van der Waals surface area contributed by atoms with Crippen molar-refractivity contribution in [2.24, 2.45) is 5.92 Å². The monoisotopic (exact) mass is 538 g/mol. The number of aryl methyl sites for hydroxylation is 1. The number of anilines is 2. The van der Waals surface area contributed by atoms with Gasteiger partial charge in [-0.25, -0.2) is 4.98 Å². The van der Waals surface area contributed by atoms with E-state index >= 15 is 0 Å². The van der Waals surface area contributed by atoms with Crippen LogP contribution in [-0.2, 0) is 30.5 Å². The Morgan fingerprint density at radius 1 is 1.22 bits per heavy atom. The van der Waals surface area contributed by atoms with Crippen molar-refractivity contribution in [3.05, 3.63) is 22.6 Å². The average Bonchev–Trinajstić information content (AvgIpc) is 3.59. The molecule has 1 fully saturated rings. The first-order valence-corrected chi connectivity index (χ1v) is 13.3. The van der Waals surface area contributed by atoms with Crippen LogP contribution in [0, 0.1) is 5.92 Å². The molecule has 1 amide bonds. The van der Waals surface area contributed by atoms with Gasteiger partial charge in [0.2, 0.25) is 17.7 Å². The zero-order valence-electron chi connectivity index (χ0n) is 20.5. The Balaban J connectivity index is 1.42. The predicted octanol–water partition coefficient (Wildman–Crippen LogP) is 2.60. The van der Waals surface area contributed by atoms with E-state index in [2.05, 4.69) is 33.4 Å². The van der Waals surface area contributed by atoms with Gasteiger partial charge in [0.25, 0.3) is 0 Å². The second kappa shape index (κ2) is 10.4. The number of aliphatic hydroxyl groups is 1. The fourth-order valence-electron chi connectivity index (χ4n) is 4.96. The summed E-state index contributed by atoms with van der Waals surface area (Å²) in [5, 5.41) is 19.7. The van der Waals surface area contributed by atoms with Crippen molar-refractivity contribution in [2.75, 3.05) is 42.6 Å². The largest absolute Gasteiger partial charge is 0.451 e. The van der Waals surface area contributed by atoms with E-state index in [0.717, 1.165) is 34.0 Å². The van der Waals surface area contributed by atoms with Crippen LogP contribution in [-0.4, -0.2) is 68.5 Å². The molecule has 14 heteroatoms. The van der Waals surface area contributed by atoms with Gasteiger partial charge in [-0.3, -0.25) is 4.79 Å². The van der Waals surface area contributed by atoms with Crippen molar-refractivity contribution >= 4 is 39.2 Å². The lowest BCUT2D eigenvalue weighted by Gasteiger charge is -2.30. The summed E-state index contributed by atoms with van der Waals surface area (Å²) in [6.07, 6.45) is -1.46. The van der Waals surface area contributed by atoms with Crippen molar-refractivity contribution in [3.8, 4) is 0 Å². The van der Waals surface area contributed by atoms with Crippen LogP contribution in [0.25, 0.3) is 10.2 Å². The van der Waals surface area contributed by atoms with E-state index < -0.39 is 12.0 Å². The third-order valence-corrected chi connectivity index (χ3v) is 7.78. The van der Waals surface area contributed by atoms with Crippen molar-refractivity contribution in [2.45, 2.75) is 51.9 Å². The van der Waals surface area contributed by atoms with Crippen LogP contribution in [0.4, 0.5) is 24.9 Å². The third kappa shape index (κ3) is 5.35. The minimum absolute atomic E-state index is 0.0870. The maximum atomic E-state index is 13.3. The number of thiophene rings is 1. The molecule has 2 aliphatic rings. The summed E-state index contributed by atoms with van der Waals surface area (Å²) >= 11 is 1.61. The van der Waals surface area contributed by atoms with E-state index in [4.69, 9.17) is 15.1 Å². The standard InChI is InChI=1S/C23H29F3N8O2S/c1-2-3-15-11-16-19(32-7-8-34-17(13-32)30-31-21(34)23(24,25)26)28-22(29-20(16)37-15)33-6-4-14(12-33)10-18(36)27-5-9-35/h11,14,35H,2-10,12-13H2,1H3,(H,27,36)/t14-/m0/s1. The van der Waals surface area contributed by atoms with E-state index in [-0.39, 0.29) is 43.9 Å². The summed E-state index contributed by atoms with van der Waals surface area (Å²) in [4.78, 5) is 27.9. The number of carbonyl (C=O) groups excluding carboxylic acids is 1. The highest BCUT2D eigenvalue weighted by Crippen LogP contribution is 2.37. The number of nitrogens with zero attached hydrogens (tertiary/aromatic N) is 7. The number of alkyl halides is 3. The van der Waals surface area contributed by atoms with E-state index in [1.54, 1.807) is 11.3 Å².